The van der Waals surface area contributed by atoms with Gasteiger partial charge in [-0.2, -0.15) is 12.7 Å². The first-order valence-corrected chi connectivity index (χ1v) is 7.88. The van der Waals surface area contributed by atoms with E-state index < -0.39 is 10.2 Å². The summed E-state index contributed by atoms with van der Waals surface area (Å²) in [5.74, 6) is 0.539. The van der Waals surface area contributed by atoms with Gasteiger partial charge in [0.25, 0.3) is 0 Å². The number of hydrogen-bond donors (Lipinski definition) is 0. The highest BCUT2D eigenvalue weighted by Gasteiger charge is 2.29. The standard InChI is InChI=1S/C12H17N5O2S/c1-15(2)20(18,19)17-7-6-14-12(17)11-5-3-4-10-8-13-9-16(10)11/h6-9,11H,3-5H2,1-2H3. The molecule has 1 aliphatic rings. The van der Waals surface area contributed by atoms with Crippen LogP contribution < -0.4 is 0 Å². The van der Waals surface area contributed by atoms with E-state index in [0.29, 0.717) is 5.82 Å². The summed E-state index contributed by atoms with van der Waals surface area (Å²) in [5.41, 5.74) is 1.12. The van der Waals surface area contributed by atoms with Crippen molar-refractivity contribution in [3.63, 3.8) is 0 Å². The fourth-order valence-corrected chi connectivity index (χ4v) is 3.55. The van der Waals surface area contributed by atoms with Crippen LogP contribution >= 0.6 is 0 Å². The van der Waals surface area contributed by atoms with Crippen LogP contribution in [0.3, 0.4) is 0 Å². The van der Waals surface area contributed by atoms with Gasteiger partial charge in [0.05, 0.1) is 12.4 Å². The number of rotatable bonds is 3. The molecule has 2 aromatic rings. The third-order valence-electron chi connectivity index (χ3n) is 3.64. The topological polar surface area (TPSA) is 73.0 Å². The number of hydrogen-bond acceptors (Lipinski definition) is 4. The molecular weight excluding hydrogens is 278 g/mol. The zero-order valence-electron chi connectivity index (χ0n) is 11.5. The second kappa shape index (κ2) is 4.71. The van der Waals surface area contributed by atoms with Crippen LogP contribution in [0.25, 0.3) is 0 Å². The summed E-state index contributed by atoms with van der Waals surface area (Å²) in [4.78, 5) is 8.43. The van der Waals surface area contributed by atoms with E-state index in [1.165, 1.54) is 34.8 Å². The van der Waals surface area contributed by atoms with Crippen LogP contribution in [0.4, 0.5) is 0 Å². The molecule has 3 rings (SSSR count). The molecule has 0 spiro atoms. The van der Waals surface area contributed by atoms with Crippen molar-refractivity contribution < 1.29 is 8.42 Å². The predicted molar refractivity (Wildman–Crippen MR) is 73.5 cm³/mol. The van der Waals surface area contributed by atoms with Gasteiger partial charge in [-0.05, 0) is 19.3 Å². The van der Waals surface area contributed by atoms with Crippen LogP contribution in [0, 0.1) is 0 Å². The summed E-state index contributed by atoms with van der Waals surface area (Å²) in [6.07, 6.45) is 9.45. The van der Waals surface area contributed by atoms with Gasteiger partial charge in [-0.3, -0.25) is 0 Å². The molecule has 108 valence electrons. The molecule has 20 heavy (non-hydrogen) atoms. The first-order valence-electron chi connectivity index (χ1n) is 6.49. The maximum Gasteiger partial charge on any atom is 0.308 e. The van der Waals surface area contributed by atoms with E-state index in [9.17, 15) is 8.42 Å². The van der Waals surface area contributed by atoms with Crippen molar-refractivity contribution in [3.8, 4) is 0 Å². The molecule has 1 aliphatic heterocycles. The minimum Gasteiger partial charge on any atom is -0.324 e. The minimum atomic E-state index is -3.55. The van der Waals surface area contributed by atoms with Crippen molar-refractivity contribution in [3.05, 3.63) is 36.4 Å². The van der Waals surface area contributed by atoms with Gasteiger partial charge in [0, 0.05) is 38.4 Å². The predicted octanol–water partition coefficient (Wildman–Crippen LogP) is 0.660. The molecule has 8 heteroatoms. The highest BCUT2D eigenvalue weighted by atomic mass is 32.2. The number of nitrogens with zero attached hydrogens (tertiary/aromatic N) is 5. The molecule has 0 bridgehead atoms. The lowest BCUT2D eigenvalue weighted by Crippen LogP contribution is -2.32. The van der Waals surface area contributed by atoms with Gasteiger partial charge in [0.15, 0.2) is 0 Å². The molecule has 0 N–H and O–H groups in total. The van der Waals surface area contributed by atoms with E-state index in [2.05, 4.69) is 9.97 Å². The zero-order chi connectivity index (χ0) is 14.3. The van der Waals surface area contributed by atoms with Gasteiger partial charge in [-0.15, -0.1) is 0 Å². The Labute approximate surface area is 118 Å². The van der Waals surface area contributed by atoms with Crippen LogP contribution in [0.1, 0.15) is 30.4 Å². The lowest BCUT2D eigenvalue weighted by atomic mass is 10.0. The Morgan fingerprint density at radius 1 is 1.40 bits per heavy atom. The lowest BCUT2D eigenvalue weighted by Gasteiger charge is -2.26. The summed E-state index contributed by atoms with van der Waals surface area (Å²) in [6, 6.07) is -0.0778. The molecule has 2 aromatic heterocycles. The Morgan fingerprint density at radius 3 is 2.95 bits per heavy atom. The summed E-state index contributed by atoms with van der Waals surface area (Å²) >= 11 is 0. The lowest BCUT2D eigenvalue weighted by molar-refractivity contribution is 0.432. The molecular formula is C12H17N5O2S. The monoisotopic (exact) mass is 295 g/mol. The van der Waals surface area contributed by atoms with Gasteiger partial charge in [0.1, 0.15) is 5.82 Å². The highest BCUT2D eigenvalue weighted by molar-refractivity contribution is 7.87. The minimum absolute atomic E-state index is 0.0778. The number of aromatic nitrogens is 4. The Hall–Kier alpha value is -1.67. The third-order valence-corrected chi connectivity index (χ3v) is 5.36. The Morgan fingerprint density at radius 2 is 2.20 bits per heavy atom. The first-order chi connectivity index (χ1) is 9.51. The number of imidazole rings is 2. The molecule has 3 heterocycles. The Balaban J connectivity index is 2.09. The molecule has 0 saturated carbocycles. The molecule has 1 unspecified atom stereocenters. The van der Waals surface area contributed by atoms with Gasteiger partial charge < -0.3 is 4.57 Å². The normalized spacial score (nSPS) is 19.2. The summed E-state index contributed by atoms with van der Waals surface area (Å²) in [7, 11) is -0.512. The molecule has 0 saturated heterocycles. The smallest absolute Gasteiger partial charge is 0.308 e. The van der Waals surface area contributed by atoms with Crippen LogP contribution in [0.5, 0.6) is 0 Å². The first kappa shape index (κ1) is 13.3. The average Bonchev–Trinajstić information content (AvgIpc) is 3.07. The maximum absolute atomic E-state index is 12.3. The summed E-state index contributed by atoms with van der Waals surface area (Å²) in [6.45, 7) is 0. The average molecular weight is 295 g/mol. The molecule has 0 aliphatic carbocycles. The van der Waals surface area contributed by atoms with E-state index in [1.54, 1.807) is 6.33 Å². The van der Waals surface area contributed by atoms with Crippen molar-refractivity contribution in [2.75, 3.05) is 14.1 Å². The van der Waals surface area contributed by atoms with Crippen LogP contribution in [0.2, 0.25) is 0 Å². The third kappa shape index (κ3) is 1.95. The molecule has 0 radical (unpaired) electrons. The number of fused-ring (bicyclic) bond motifs is 1. The molecule has 0 aromatic carbocycles. The second-order valence-corrected chi connectivity index (χ2v) is 7.09. The van der Waals surface area contributed by atoms with Crippen molar-refractivity contribution in [1.29, 1.82) is 0 Å². The second-order valence-electron chi connectivity index (χ2n) is 5.07. The Bertz CT molecular complexity index is 716. The van der Waals surface area contributed by atoms with Crippen molar-refractivity contribution >= 4 is 10.2 Å². The van der Waals surface area contributed by atoms with Crippen molar-refractivity contribution in [2.24, 2.45) is 0 Å². The molecule has 1 atom stereocenters. The maximum atomic E-state index is 12.3. The molecule has 0 fully saturated rings. The van der Waals surface area contributed by atoms with Gasteiger partial charge >= 0.3 is 10.2 Å². The van der Waals surface area contributed by atoms with Crippen LogP contribution in [0.15, 0.2) is 24.9 Å². The van der Waals surface area contributed by atoms with E-state index in [4.69, 9.17) is 0 Å². The highest BCUT2D eigenvalue weighted by Crippen LogP contribution is 2.30. The van der Waals surface area contributed by atoms with Crippen LogP contribution in [-0.4, -0.2) is 45.3 Å². The summed E-state index contributed by atoms with van der Waals surface area (Å²) < 4.78 is 29.1. The van der Waals surface area contributed by atoms with Gasteiger partial charge in [-0.25, -0.2) is 13.9 Å². The Kier molecular flexibility index (Phi) is 3.14. The summed E-state index contributed by atoms with van der Waals surface area (Å²) in [5, 5.41) is 0. The largest absolute Gasteiger partial charge is 0.324 e. The van der Waals surface area contributed by atoms with E-state index in [-0.39, 0.29) is 6.04 Å². The van der Waals surface area contributed by atoms with E-state index in [1.807, 2.05) is 10.8 Å². The fourth-order valence-electron chi connectivity index (χ4n) is 2.58. The fraction of sp³-hybridized carbons (Fsp3) is 0.500. The van der Waals surface area contributed by atoms with E-state index in [0.717, 1.165) is 25.0 Å². The number of aryl methyl sites for hydroxylation is 1. The van der Waals surface area contributed by atoms with Crippen molar-refractivity contribution in [2.45, 2.75) is 25.3 Å². The van der Waals surface area contributed by atoms with Gasteiger partial charge in [-0.1, -0.05) is 0 Å². The van der Waals surface area contributed by atoms with Gasteiger partial charge in [0.2, 0.25) is 0 Å². The molecule has 7 nitrogen and oxygen atoms in total. The SMILES string of the molecule is CN(C)S(=O)(=O)n1ccnc1C1CCCc2cncn21. The quantitative estimate of drug-likeness (QED) is 0.834. The zero-order valence-corrected chi connectivity index (χ0v) is 12.3. The van der Waals surface area contributed by atoms with Crippen LogP contribution in [-0.2, 0) is 16.6 Å². The van der Waals surface area contributed by atoms with E-state index >= 15 is 0 Å². The van der Waals surface area contributed by atoms with Crippen molar-refractivity contribution in [1.82, 2.24) is 22.8 Å². The molecule has 0 amide bonds.